The zero-order valence-corrected chi connectivity index (χ0v) is 16.7. The largest absolute Gasteiger partial charge is 0.496 e. The first kappa shape index (κ1) is 21.4. The second kappa shape index (κ2) is 10.4. The molecule has 1 unspecified atom stereocenters. The molecule has 0 aliphatic rings. The lowest BCUT2D eigenvalue weighted by atomic mass is 10.1. The van der Waals surface area contributed by atoms with Crippen LogP contribution in [-0.2, 0) is 16.0 Å². The number of hydrogen-bond donors (Lipinski definition) is 2. The molecule has 0 radical (unpaired) electrons. The van der Waals surface area contributed by atoms with E-state index in [2.05, 4.69) is 10.9 Å². The van der Waals surface area contributed by atoms with Gasteiger partial charge in [-0.15, -0.1) is 0 Å². The molecule has 0 heterocycles. The average Bonchev–Trinajstić information content (AvgIpc) is 2.68. The van der Waals surface area contributed by atoms with Gasteiger partial charge < -0.3 is 14.2 Å². The van der Waals surface area contributed by atoms with Gasteiger partial charge in [0.1, 0.15) is 17.2 Å². The van der Waals surface area contributed by atoms with Crippen LogP contribution in [0.5, 0.6) is 17.2 Å². The third-order valence-corrected chi connectivity index (χ3v) is 3.97. The molecular weight excluding hydrogens is 384 g/mol. The van der Waals surface area contributed by atoms with Gasteiger partial charge in [0.15, 0.2) is 6.10 Å². The van der Waals surface area contributed by atoms with E-state index in [9.17, 15) is 9.59 Å². The van der Waals surface area contributed by atoms with Crippen LogP contribution in [0.4, 0.5) is 0 Å². The molecule has 2 rings (SSSR count). The minimum absolute atomic E-state index is 0.00184. The first-order chi connectivity index (χ1) is 13.4. The van der Waals surface area contributed by atoms with E-state index in [0.717, 1.165) is 5.75 Å². The van der Waals surface area contributed by atoms with E-state index in [-0.39, 0.29) is 6.42 Å². The Morgan fingerprint density at radius 2 is 1.75 bits per heavy atom. The number of carbonyl (C=O) groups is 2. The smallest absolute Gasteiger partial charge is 0.279 e. The zero-order chi connectivity index (χ0) is 20.5. The van der Waals surface area contributed by atoms with Crippen molar-refractivity contribution in [1.29, 1.82) is 0 Å². The summed E-state index contributed by atoms with van der Waals surface area (Å²) in [7, 11) is 1.51. The van der Waals surface area contributed by atoms with E-state index in [1.165, 1.54) is 7.11 Å². The van der Waals surface area contributed by atoms with Crippen molar-refractivity contribution < 1.29 is 23.8 Å². The van der Waals surface area contributed by atoms with Crippen LogP contribution in [0.15, 0.2) is 42.5 Å². The first-order valence-corrected chi connectivity index (χ1v) is 9.11. The third kappa shape index (κ3) is 6.35. The Bertz CT molecular complexity index is 811. The van der Waals surface area contributed by atoms with Crippen molar-refractivity contribution in [1.82, 2.24) is 10.9 Å². The summed E-state index contributed by atoms with van der Waals surface area (Å²) < 4.78 is 16.1. The lowest BCUT2D eigenvalue weighted by Gasteiger charge is -2.16. The molecule has 150 valence electrons. The van der Waals surface area contributed by atoms with Crippen molar-refractivity contribution in [2.45, 2.75) is 26.4 Å². The van der Waals surface area contributed by atoms with Crippen LogP contribution in [0, 0.1) is 0 Å². The Labute approximate surface area is 168 Å². The summed E-state index contributed by atoms with van der Waals surface area (Å²) in [6.07, 6.45) is -0.808. The van der Waals surface area contributed by atoms with Crippen LogP contribution < -0.4 is 25.1 Å². The molecule has 0 saturated heterocycles. The fourth-order valence-electron chi connectivity index (χ4n) is 2.37. The number of ether oxygens (including phenoxy) is 3. The molecule has 1 atom stereocenters. The van der Waals surface area contributed by atoms with E-state index >= 15 is 0 Å². The Morgan fingerprint density at radius 1 is 1.07 bits per heavy atom. The van der Waals surface area contributed by atoms with Crippen LogP contribution in [-0.4, -0.2) is 31.6 Å². The molecule has 7 nitrogen and oxygen atoms in total. The summed E-state index contributed by atoms with van der Waals surface area (Å²) in [5.74, 6) is 0.873. The maximum absolute atomic E-state index is 12.1. The summed E-state index contributed by atoms with van der Waals surface area (Å²) in [6, 6.07) is 11.9. The van der Waals surface area contributed by atoms with Crippen molar-refractivity contribution in [2.24, 2.45) is 0 Å². The number of rotatable bonds is 8. The van der Waals surface area contributed by atoms with Crippen LogP contribution in [0.25, 0.3) is 0 Å². The van der Waals surface area contributed by atoms with Crippen molar-refractivity contribution in [2.75, 3.05) is 13.7 Å². The van der Waals surface area contributed by atoms with Crippen molar-refractivity contribution in [3.05, 3.63) is 53.1 Å². The lowest BCUT2D eigenvalue weighted by Crippen LogP contribution is -2.47. The molecule has 28 heavy (non-hydrogen) atoms. The van der Waals surface area contributed by atoms with Crippen LogP contribution in [0.2, 0.25) is 5.02 Å². The summed E-state index contributed by atoms with van der Waals surface area (Å²) >= 11 is 5.95. The Balaban J connectivity index is 1.83. The molecule has 2 aromatic rings. The normalized spacial score (nSPS) is 11.3. The van der Waals surface area contributed by atoms with Gasteiger partial charge in [0, 0.05) is 10.6 Å². The predicted octanol–water partition coefficient (Wildman–Crippen LogP) is 2.90. The maximum atomic E-state index is 12.1. The molecule has 2 amide bonds. The minimum atomic E-state index is -0.807. The minimum Gasteiger partial charge on any atom is -0.496 e. The molecule has 0 aromatic heterocycles. The average molecular weight is 407 g/mol. The number of carbonyl (C=O) groups excluding carboxylic acids is 2. The summed E-state index contributed by atoms with van der Waals surface area (Å²) in [5.41, 5.74) is 5.31. The maximum Gasteiger partial charge on any atom is 0.279 e. The van der Waals surface area contributed by atoms with Crippen LogP contribution >= 0.6 is 11.6 Å². The fraction of sp³-hybridized carbons (Fsp3) is 0.300. The van der Waals surface area contributed by atoms with Crippen molar-refractivity contribution in [3.8, 4) is 17.2 Å². The van der Waals surface area contributed by atoms with Gasteiger partial charge in [-0.3, -0.25) is 20.4 Å². The molecular formula is C20H23ClN2O5. The molecule has 2 N–H and O–H groups in total. The number of hydrogen-bond acceptors (Lipinski definition) is 5. The summed E-state index contributed by atoms with van der Waals surface area (Å²) in [4.78, 5) is 24.2. The SMILES string of the molecule is CCOc1ccc(OC(C)C(=O)NNC(=O)Cc2cc(Cl)ccc2OC)cc1. The predicted molar refractivity (Wildman–Crippen MR) is 106 cm³/mol. The molecule has 2 aromatic carbocycles. The standard InChI is InChI=1S/C20H23ClN2O5/c1-4-27-16-6-8-17(9-7-16)28-13(2)20(25)23-22-19(24)12-14-11-15(21)5-10-18(14)26-3/h5-11,13H,4,12H2,1-3H3,(H,22,24)(H,23,25). The van der Waals surface area contributed by atoms with Gasteiger partial charge >= 0.3 is 0 Å². The number of hydrazine groups is 1. The Hall–Kier alpha value is -2.93. The van der Waals surface area contributed by atoms with E-state index in [4.69, 9.17) is 25.8 Å². The second-order valence-corrected chi connectivity index (χ2v) is 6.27. The summed E-state index contributed by atoms with van der Waals surface area (Å²) in [6.45, 7) is 4.05. The number of nitrogens with one attached hydrogen (secondary N) is 2. The monoisotopic (exact) mass is 406 g/mol. The first-order valence-electron chi connectivity index (χ1n) is 8.73. The highest BCUT2D eigenvalue weighted by atomic mass is 35.5. The van der Waals surface area contributed by atoms with E-state index < -0.39 is 17.9 Å². The number of amides is 2. The van der Waals surface area contributed by atoms with Crippen LogP contribution in [0.1, 0.15) is 19.4 Å². The van der Waals surface area contributed by atoms with Gasteiger partial charge in [0.05, 0.1) is 20.1 Å². The van der Waals surface area contributed by atoms with E-state index in [1.807, 2.05) is 6.92 Å². The number of halogens is 1. The van der Waals surface area contributed by atoms with Crippen LogP contribution in [0.3, 0.4) is 0 Å². The fourth-order valence-corrected chi connectivity index (χ4v) is 2.57. The molecule has 0 fully saturated rings. The molecule has 0 spiro atoms. The second-order valence-electron chi connectivity index (χ2n) is 5.83. The van der Waals surface area contributed by atoms with Crippen molar-refractivity contribution in [3.63, 3.8) is 0 Å². The molecule has 0 aliphatic carbocycles. The van der Waals surface area contributed by atoms with Gasteiger partial charge in [-0.1, -0.05) is 11.6 Å². The number of methoxy groups -OCH3 is 1. The van der Waals surface area contributed by atoms with Gasteiger partial charge in [-0.25, -0.2) is 0 Å². The highest BCUT2D eigenvalue weighted by Gasteiger charge is 2.16. The molecule has 8 heteroatoms. The van der Waals surface area contributed by atoms with Gasteiger partial charge in [0.2, 0.25) is 5.91 Å². The van der Waals surface area contributed by atoms with E-state index in [0.29, 0.717) is 28.7 Å². The lowest BCUT2D eigenvalue weighted by molar-refractivity contribution is -0.132. The molecule has 0 saturated carbocycles. The van der Waals surface area contributed by atoms with Gasteiger partial charge in [0.25, 0.3) is 5.91 Å². The van der Waals surface area contributed by atoms with E-state index in [1.54, 1.807) is 49.4 Å². The third-order valence-electron chi connectivity index (χ3n) is 3.74. The van der Waals surface area contributed by atoms with Gasteiger partial charge in [-0.2, -0.15) is 0 Å². The Morgan fingerprint density at radius 3 is 2.39 bits per heavy atom. The van der Waals surface area contributed by atoms with Crippen molar-refractivity contribution >= 4 is 23.4 Å². The highest BCUT2D eigenvalue weighted by molar-refractivity contribution is 6.30. The topological polar surface area (TPSA) is 85.9 Å². The molecule has 0 aliphatic heterocycles. The molecule has 0 bridgehead atoms. The van der Waals surface area contributed by atoms with Gasteiger partial charge in [-0.05, 0) is 56.3 Å². The highest BCUT2D eigenvalue weighted by Crippen LogP contribution is 2.23. The number of benzene rings is 2. The quantitative estimate of drug-likeness (QED) is 0.658. The summed E-state index contributed by atoms with van der Waals surface area (Å²) in [5, 5.41) is 0.491. The zero-order valence-electron chi connectivity index (χ0n) is 16.0. The Kier molecular flexibility index (Phi) is 7.95.